The molecular formula is C13H13ClFNO2. The van der Waals surface area contributed by atoms with Gasteiger partial charge >= 0.3 is 0 Å². The van der Waals surface area contributed by atoms with Crippen LogP contribution in [0.5, 0.6) is 5.75 Å². The fourth-order valence-electron chi connectivity index (χ4n) is 1.68. The Morgan fingerprint density at radius 3 is 2.94 bits per heavy atom. The van der Waals surface area contributed by atoms with Crippen LogP contribution in [0.1, 0.15) is 13.3 Å². The van der Waals surface area contributed by atoms with Gasteiger partial charge in [0, 0.05) is 11.8 Å². The SMILES string of the molecule is CC1C=C(NC(=O)COc2ccc(Cl)c(F)c2)C1. The molecule has 1 atom stereocenters. The molecule has 1 aromatic carbocycles. The molecule has 1 aromatic rings. The molecule has 0 aromatic heterocycles. The molecule has 0 aliphatic heterocycles. The summed E-state index contributed by atoms with van der Waals surface area (Å²) in [6.45, 7) is 1.93. The van der Waals surface area contributed by atoms with Gasteiger partial charge in [0.05, 0.1) is 5.02 Å². The van der Waals surface area contributed by atoms with Crippen molar-refractivity contribution in [2.45, 2.75) is 13.3 Å². The molecule has 0 radical (unpaired) electrons. The van der Waals surface area contributed by atoms with Crippen LogP contribution in [0.25, 0.3) is 0 Å². The van der Waals surface area contributed by atoms with Gasteiger partial charge in [0.15, 0.2) is 6.61 Å². The molecule has 1 unspecified atom stereocenters. The minimum atomic E-state index is -0.565. The Morgan fingerprint density at radius 1 is 1.61 bits per heavy atom. The second-order valence-electron chi connectivity index (χ2n) is 4.29. The Hall–Kier alpha value is -1.55. The number of hydrogen-bond acceptors (Lipinski definition) is 2. The average Bonchev–Trinajstić information content (AvgIpc) is 2.29. The molecule has 0 saturated heterocycles. The Bertz CT molecular complexity index is 502. The van der Waals surface area contributed by atoms with Crippen molar-refractivity contribution in [1.82, 2.24) is 5.32 Å². The molecule has 1 aliphatic rings. The lowest BCUT2D eigenvalue weighted by atomic mass is 9.93. The first kappa shape index (κ1) is 12.9. The number of rotatable bonds is 4. The highest BCUT2D eigenvalue weighted by molar-refractivity contribution is 6.30. The molecule has 18 heavy (non-hydrogen) atoms. The van der Waals surface area contributed by atoms with E-state index in [1.54, 1.807) is 0 Å². The highest BCUT2D eigenvalue weighted by atomic mass is 35.5. The molecule has 0 bridgehead atoms. The monoisotopic (exact) mass is 269 g/mol. The zero-order chi connectivity index (χ0) is 13.1. The third-order valence-corrected chi connectivity index (χ3v) is 2.90. The summed E-state index contributed by atoms with van der Waals surface area (Å²) in [7, 11) is 0. The molecule has 0 fully saturated rings. The second kappa shape index (κ2) is 5.40. The summed E-state index contributed by atoms with van der Waals surface area (Å²) in [5.41, 5.74) is 0.915. The second-order valence-corrected chi connectivity index (χ2v) is 4.69. The van der Waals surface area contributed by atoms with Crippen LogP contribution in [0.3, 0.4) is 0 Å². The molecule has 3 nitrogen and oxygen atoms in total. The summed E-state index contributed by atoms with van der Waals surface area (Å²) in [5, 5.41) is 2.75. The molecule has 2 rings (SSSR count). The highest BCUT2D eigenvalue weighted by Crippen LogP contribution is 2.22. The predicted octanol–water partition coefficient (Wildman–Crippen LogP) is 2.90. The first-order valence-corrected chi connectivity index (χ1v) is 6.01. The van der Waals surface area contributed by atoms with Gasteiger partial charge < -0.3 is 10.1 Å². The lowest BCUT2D eigenvalue weighted by Gasteiger charge is -2.22. The van der Waals surface area contributed by atoms with Gasteiger partial charge in [-0.1, -0.05) is 24.6 Å². The molecule has 1 N–H and O–H groups in total. The summed E-state index contributed by atoms with van der Waals surface area (Å²) < 4.78 is 18.3. The normalized spacial score (nSPS) is 17.7. The maximum absolute atomic E-state index is 13.1. The summed E-state index contributed by atoms with van der Waals surface area (Å²) in [4.78, 5) is 11.5. The maximum Gasteiger partial charge on any atom is 0.262 e. The van der Waals surface area contributed by atoms with Crippen molar-refractivity contribution in [3.63, 3.8) is 0 Å². The number of hydrogen-bond donors (Lipinski definition) is 1. The number of halogens is 2. The Balaban J connectivity index is 1.82. The zero-order valence-corrected chi connectivity index (χ0v) is 10.6. The summed E-state index contributed by atoms with van der Waals surface area (Å²) in [6.07, 6.45) is 2.86. The smallest absolute Gasteiger partial charge is 0.262 e. The van der Waals surface area contributed by atoms with Crippen molar-refractivity contribution in [3.05, 3.63) is 40.8 Å². The Morgan fingerprint density at radius 2 is 2.33 bits per heavy atom. The number of amides is 1. The highest BCUT2D eigenvalue weighted by Gasteiger charge is 2.16. The van der Waals surface area contributed by atoms with E-state index < -0.39 is 5.82 Å². The van der Waals surface area contributed by atoms with E-state index in [1.807, 2.05) is 6.08 Å². The van der Waals surface area contributed by atoms with Gasteiger partial charge in [0.2, 0.25) is 0 Å². The van der Waals surface area contributed by atoms with Crippen LogP contribution in [0.4, 0.5) is 4.39 Å². The van der Waals surface area contributed by atoms with Crippen LogP contribution in [0.15, 0.2) is 30.0 Å². The number of carbonyl (C=O) groups excluding carboxylic acids is 1. The van der Waals surface area contributed by atoms with Crippen molar-refractivity contribution >= 4 is 17.5 Å². The summed E-state index contributed by atoms with van der Waals surface area (Å²) in [5.74, 6) is -0.0109. The van der Waals surface area contributed by atoms with Crippen molar-refractivity contribution in [2.75, 3.05) is 6.61 Å². The Labute approximate surface area is 110 Å². The van der Waals surface area contributed by atoms with E-state index in [2.05, 4.69) is 12.2 Å². The largest absolute Gasteiger partial charge is 0.484 e. The number of allylic oxidation sites excluding steroid dienone is 2. The van der Waals surface area contributed by atoms with Gasteiger partial charge in [0.1, 0.15) is 11.6 Å². The fourth-order valence-corrected chi connectivity index (χ4v) is 1.80. The van der Waals surface area contributed by atoms with E-state index in [9.17, 15) is 9.18 Å². The molecule has 0 spiro atoms. The van der Waals surface area contributed by atoms with Crippen LogP contribution in [-0.2, 0) is 4.79 Å². The number of carbonyl (C=O) groups is 1. The van der Waals surface area contributed by atoms with Crippen molar-refractivity contribution in [3.8, 4) is 5.75 Å². The van der Waals surface area contributed by atoms with Gasteiger partial charge in [-0.3, -0.25) is 4.79 Å². The van der Waals surface area contributed by atoms with Crippen LogP contribution in [0, 0.1) is 11.7 Å². The first-order valence-electron chi connectivity index (χ1n) is 5.63. The molecular weight excluding hydrogens is 257 g/mol. The third-order valence-electron chi connectivity index (χ3n) is 2.59. The lowest BCUT2D eigenvalue weighted by Crippen LogP contribution is -2.32. The van der Waals surface area contributed by atoms with Crippen LogP contribution in [-0.4, -0.2) is 12.5 Å². The van der Waals surface area contributed by atoms with Gasteiger partial charge in [-0.05, 0) is 24.5 Å². The quantitative estimate of drug-likeness (QED) is 0.913. The standard InChI is InChI=1S/C13H13ClFNO2/c1-8-4-9(5-8)16-13(17)7-18-10-2-3-11(14)12(15)6-10/h2-4,6,8H,5,7H2,1H3,(H,16,17). The van der Waals surface area contributed by atoms with Crippen molar-refractivity contribution in [1.29, 1.82) is 0 Å². The number of ether oxygens (including phenoxy) is 1. The zero-order valence-electron chi connectivity index (χ0n) is 9.87. The fraction of sp³-hybridized carbons (Fsp3) is 0.308. The molecule has 1 amide bonds. The number of benzene rings is 1. The molecule has 0 saturated carbocycles. The summed E-state index contributed by atoms with van der Waals surface area (Å²) >= 11 is 5.53. The Kier molecular flexibility index (Phi) is 3.87. The van der Waals surface area contributed by atoms with E-state index in [4.69, 9.17) is 16.3 Å². The van der Waals surface area contributed by atoms with Crippen LogP contribution < -0.4 is 10.1 Å². The van der Waals surface area contributed by atoms with Gasteiger partial charge in [-0.2, -0.15) is 0 Å². The molecule has 5 heteroatoms. The number of nitrogens with one attached hydrogen (secondary N) is 1. The van der Waals surface area contributed by atoms with E-state index in [1.165, 1.54) is 12.1 Å². The summed E-state index contributed by atoms with van der Waals surface area (Å²) in [6, 6.07) is 4.06. The lowest BCUT2D eigenvalue weighted by molar-refractivity contribution is -0.122. The van der Waals surface area contributed by atoms with Gasteiger partial charge in [-0.15, -0.1) is 0 Å². The van der Waals surface area contributed by atoms with Crippen molar-refractivity contribution in [2.24, 2.45) is 5.92 Å². The van der Waals surface area contributed by atoms with Crippen LogP contribution in [0.2, 0.25) is 5.02 Å². The molecule has 96 valence electrons. The molecule has 0 heterocycles. The first-order chi connectivity index (χ1) is 8.54. The van der Waals surface area contributed by atoms with Crippen LogP contribution >= 0.6 is 11.6 Å². The minimum absolute atomic E-state index is 0.0282. The average molecular weight is 270 g/mol. The van der Waals surface area contributed by atoms with E-state index in [0.717, 1.165) is 18.2 Å². The van der Waals surface area contributed by atoms with E-state index >= 15 is 0 Å². The third kappa shape index (κ3) is 3.23. The molecule has 1 aliphatic carbocycles. The van der Waals surface area contributed by atoms with Crippen molar-refractivity contribution < 1.29 is 13.9 Å². The predicted molar refractivity (Wildman–Crippen MR) is 66.9 cm³/mol. The van der Waals surface area contributed by atoms with Gasteiger partial charge in [-0.25, -0.2) is 4.39 Å². The topological polar surface area (TPSA) is 38.3 Å². The van der Waals surface area contributed by atoms with E-state index in [0.29, 0.717) is 5.92 Å². The van der Waals surface area contributed by atoms with Gasteiger partial charge in [0.25, 0.3) is 5.91 Å². The van der Waals surface area contributed by atoms with E-state index in [-0.39, 0.29) is 23.3 Å². The minimum Gasteiger partial charge on any atom is -0.484 e. The maximum atomic E-state index is 13.1.